The van der Waals surface area contributed by atoms with Gasteiger partial charge in [-0.25, -0.2) is 18.6 Å². The van der Waals surface area contributed by atoms with Crippen LogP contribution in [0.3, 0.4) is 0 Å². The molecule has 0 spiro atoms. The Morgan fingerprint density at radius 2 is 2.04 bits per heavy atom. The number of benzene rings is 2. The van der Waals surface area contributed by atoms with Crippen molar-refractivity contribution < 1.29 is 22.8 Å². The molecule has 26 heavy (non-hydrogen) atoms. The highest BCUT2D eigenvalue weighted by molar-refractivity contribution is 5.93. The fourth-order valence-corrected chi connectivity index (χ4v) is 2.48. The van der Waals surface area contributed by atoms with Gasteiger partial charge < -0.3 is 14.2 Å². The molecule has 2 heterocycles. The lowest BCUT2D eigenvalue weighted by Gasteiger charge is -2.02. The number of esters is 1. The van der Waals surface area contributed by atoms with E-state index in [4.69, 9.17) is 9.26 Å². The van der Waals surface area contributed by atoms with Crippen molar-refractivity contribution in [3.8, 4) is 11.3 Å². The number of fused-ring (bicyclic) bond motifs is 1. The first-order valence-electron chi connectivity index (χ1n) is 7.61. The molecule has 4 rings (SSSR count). The van der Waals surface area contributed by atoms with E-state index < -0.39 is 17.6 Å². The van der Waals surface area contributed by atoms with Gasteiger partial charge in [0.15, 0.2) is 5.76 Å². The van der Waals surface area contributed by atoms with Crippen molar-refractivity contribution in [2.24, 2.45) is 0 Å². The van der Waals surface area contributed by atoms with Crippen LogP contribution in [-0.4, -0.2) is 21.1 Å². The molecule has 0 bridgehead atoms. The topological polar surface area (TPSA) is 81.0 Å². The number of nitrogens with zero attached hydrogens (tertiary/aromatic N) is 2. The number of imidazole rings is 1. The molecule has 0 saturated carbocycles. The van der Waals surface area contributed by atoms with Gasteiger partial charge in [-0.1, -0.05) is 5.16 Å². The molecule has 6 nitrogen and oxygen atoms in total. The summed E-state index contributed by atoms with van der Waals surface area (Å²) in [5, 5.41) is 3.73. The molecule has 0 radical (unpaired) electrons. The second kappa shape index (κ2) is 6.40. The summed E-state index contributed by atoms with van der Waals surface area (Å²) in [6, 6.07) is 9.49. The Hall–Kier alpha value is -3.55. The van der Waals surface area contributed by atoms with Crippen LogP contribution in [0, 0.1) is 11.6 Å². The van der Waals surface area contributed by atoms with Crippen LogP contribution >= 0.6 is 0 Å². The maximum absolute atomic E-state index is 13.8. The minimum atomic E-state index is -0.766. The highest BCUT2D eigenvalue weighted by Crippen LogP contribution is 2.24. The van der Waals surface area contributed by atoms with Gasteiger partial charge in [-0.05, 0) is 30.3 Å². The fraction of sp³-hybridized carbons (Fsp3) is 0.0556. The predicted molar refractivity (Wildman–Crippen MR) is 87.1 cm³/mol. The van der Waals surface area contributed by atoms with E-state index in [2.05, 4.69) is 15.1 Å². The van der Waals surface area contributed by atoms with Crippen molar-refractivity contribution in [1.82, 2.24) is 15.1 Å². The Kier molecular flexibility index (Phi) is 3.92. The number of nitrogens with one attached hydrogen (secondary N) is 1. The lowest BCUT2D eigenvalue weighted by molar-refractivity contribution is 0.0464. The smallest absolute Gasteiger partial charge is 0.338 e. The Bertz CT molecular complexity index is 1100. The van der Waals surface area contributed by atoms with Crippen LogP contribution in [0.2, 0.25) is 0 Å². The van der Waals surface area contributed by atoms with Crippen LogP contribution in [0.4, 0.5) is 8.78 Å². The summed E-state index contributed by atoms with van der Waals surface area (Å²) in [6.07, 6.45) is 1.53. The molecule has 0 aliphatic rings. The summed E-state index contributed by atoms with van der Waals surface area (Å²) >= 11 is 0. The van der Waals surface area contributed by atoms with Crippen LogP contribution in [-0.2, 0) is 11.3 Å². The van der Waals surface area contributed by atoms with Crippen molar-refractivity contribution in [3.63, 3.8) is 0 Å². The average molecular weight is 355 g/mol. The Morgan fingerprint density at radius 3 is 2.88 bits per heavy atom. The van der Waals surface area contributed by atoms with Crippen molar-refractivity contribution in [2.45, 2.75) is 6.61 Å². The summed E-state index contributed by atoms with van der Waals surface area (Å²) in [4.78, 5) is 19.1. The van der Waals surface area contributed by atoms with Crippen LogP contribution in [0.15, 0.2) is 53.3 Å². The summed E-state index contributed by atoms with van der Waals surface area (Å²) in [6.45, 7) is -0.147. The van der Waals surface area contributed by atoms with Gasteiger partial charge in [0.2, 0.25) is 0 Å². The third-order valence-electron chi connectivity index (χ3n) is 3.76. The van der Waals surface area contributed by atoms with E-state index in [-0.39, 0.29) is 17.9 Å². The lowest BCUT2D eigenvalue weighted by Crippen LogP contribution is -2.05. The molecule has 0 fully saturated rings. The molecule has 8 heteroatoms. The summed E-state index contributed by atoms with van der Waals surface area (Å²) < 4.78 is 37.0. The third-order valence-corrected chi connectivity index (χ3v) is 3.76. The van der Waals surface area contributed by atoms with Crippen molar-refractivity contribution in [3.05, 3.63) is 71.7 Å². The minimum Gasteiger partial charge on any atom is -0.455 e. The van der Waals surface area contributed by atoms with Gasteiger partial charge in [0, 0.05) is 12.1 Å². The van der Waals surface area contributed by atoms with Crippen LogP contribution in [0.1, 0.15) is 16.1 Å². The molecule has 0 unspecified atom stereocenters. The Morgan fingerprint density at radius 1 is 1.15 bits per heavy atom. The van der Waals surface area contributed by atoms with Crippen molar-refractivity contribution in [1.29, 1.82) is 0 Å². The first kappa shape index (κ1) is 15.9. The number of aromatic amines is 1. The molecule has 0 amide bonds. The number of rotatable bonds is 4. The predicted octanol–water partition coefficient (Wildman–Crippen LogP) is 3.85. The molecular weight excluding hydrogens is 344 g/mol. The SMILES string of the molecule is O=C(OCc1cc(-c2ccc(F)cc2F)on1)c1ccc2nc[nH]c2c1. The number of halogens is 2. The lowest BCUT2D eigenvalue weighted by atomic mass is 10.1. The summed E-state index contributed by atoms with van der Waals surface area (Å²) in [5.74, 6) is -1.88. The largest absolute Gasteiger partial charge is 0.455 e. The number of carbonyl (C=O) groups excluding carboxylic acids is 1. The maximum atomic E-state index is 13.8. The molecule has 0 saturated heterocycles. The fourth-order valence-electron chi connectivity index (χ4n) is 2.48. The zero-order valence-corrected chi connectivity index (χ0v) is 13.2. The molecule has 2 aromatic carbocycles. The minimum absolute atomic E-state index is 0.0705. The van der Waals surface area contributed by atoms with Crippen molar-refractivity contribution >= 4 is 17.0 Å². The second-order valence-electron chi connectivity index (χ2n) is 5.52. The highest BCUT2D eigenvalue weighted by Gasteiger charge is 2.14. The number of aromatic nitrogens is 3. The molecular formula is C18H11F2N3O3. The van der Waals surface area contributed by atoms with Crippen LogP contribution in [0.25, 0.3) is 22.4 Å². The van der Waals surface area contributed by atoms with E-state index in [1.165, 1.54) is 18.5 Å². The molecule has 0 atom stereocenters. The van der Waals surface area contributed by atoms with Gasteiger partial charge in [-0.3, -0.25) is 0 Å². The van der Waals surface area contributed by atoms with Gasteiger partial charge in [-0.15, -0.1) is 0 Å². The molecule has 130 valence electrons. The van der Waals surface area contributed by atoms with E-state index in [0.717, 1.165) is 23.2 Å². The van der Waals surface area contributed by atoms with E-state index in [1.54, 1.807) is 18.2 Å². The number of ether oxygens (including phenoxy) is 1. The highest BCUT2D eigenvalue weighted by atomic mass is 19.1. The van der Waals surface area contributed by atoms with Gasteiger partial charge >= 0.3 is 5.97 Å². The summed E-state index contributed by atoms with van der Waals surface area (Å²) in [5.41, 5.74) is 2.19. The van der Waals surface area contributed by atoms with Gasteiger partial charge in [0.1, 0.15) is 23.9 Å². The number of carbonyl (C=O) groups is 1. The average Bonchev–Trinajstić information content (AvgIpc) is 3.28. The molecule has 0 aliphatic heterocycles. The Balaban J connectivity index is 1.46. The quantitative estimate of drug-likeness (QED) is 0.562. The van der Waals surface area contributed by atoms with E-state index in [0.29, 0.717) is 11.3 Å². The first-order chi connectivity index (χ1) is 12.6. The van der Waals surface area contributed by atoms with Crippen LogP contribution < -0.4 is 0 Å². The zero-order valence-electron chi connectivity index (χ0n) is 13.2. The van der Waals surface area contributed by atoms with E-state index >= 15 is 0 Å². The molecule has 1 N–H and O–H groups in total. The van der Waals surface area contributed by atoms with E-state index in [1.807, 2.05) is 0 Å². The van der Waals surface area contributed by atoms with Gasteiger partial charge in [-0.2, -0.15) is 0 Å². The van der Waals surface area contributed by atoms with Gasteiger partial charge in [0.25, 0.3) is 0 Å². The zero-order chi connectivity index (χ0) is 18.1. The first-order valence-corrected chi connectivity index (χ1v) is 7.61. The number of hydrogen-bond acceptors (Lipinski definition) is 5. The molecule has 4 aromatic rings. The molecule has 0 aliphatic carbocycles. The van der Waals surface area contributed by atoms with E-state index in [9.17, 15) is 13.6 Å². The second-order valence-corrected chi connectivity index (χ2v) is 5.52. The Labute approximate surface area is 145 Å². The normalized spacial score (nSPS) is 11.0. The van der Waals surface area contributed by atoms with Crippen molar-refractivity contribution in [2.75, 3.05) is 0 Å². The molecule has 2 aromatic heterocycles. The monoisotopic (exact) mass is 355 g/mol. The number of hydrogen-bond donors (Lipinski definition) is 1. The third kappa shape index (κ3) is 3.04. The maximum Gasteiger partial charge on any atom is 0.338 e. The van der Waals surface area contributed by atoms with Gasteiger partial charge in [0.05, 0.1) is 28.5 Å². The number of H-pyrrole nitrogens is 1. The van der Waals surface area contributed by atoms with Crippen LogP contribution in [0.5, 0.6) is 0 Å². The standard InChI is InChI=1S/C18H11F2N3O3/c19-11-2-3-13(14(20)6-11)17-7-12(23-26-17)8-25-18(24)10-1-4-15-16(5-10)22-9-21-15/h1-7,9H,8H2,(H,21,22). The summed E-state index contributed by atoms with van der Waals surface area (Å²) in [7, 11) is 0.